The molecule has 6 aromatic rings. The summed E-state index contributed by atoms with van der Waals surface area (Å²) in [5, 5.41) is 12.7. The van der Waals surface area contributed by atoms with Crippen molar-refractivity contribution in [1.29, 1.82) is 0 Å². The van der Waals surface area contributed by atoms with Gasteiger partial charge in [0.1, 0.15) is 31.3 Å². The summed E-state index contributed by atoms with van der Waals surface area (Å²) in [5.74, 6) is 6.47. The number of piperidine rings is 1. The number of ether oxygens (including phenoxy) is 2. The molecule has 304 valence electrons. The van der Waals surface area contributed by atoms with Crippen LogP contribution in [-0.2, 0) is 32.8 Å². The van der Waals surface area contributed by atoms with E-state index in [1.165, 1.54) is 4.90 Å². The first kappa shape index (κ1) is 39.6. The number of imide groups is 1. The predicted octanol–water partition coefficient (Wildman–Crippen LogP) is 6.81. The third-order valence-corrected chi connectivity index (χ3v) is 10.5. The van der Waals surface area contributed by atoms with Crippen LogP contribution >= 0.6 is 0 Å². The molecular weight excluding hydrogens is 761 g/mol. The van der Waals surface area contributed by atoms with E-state index in [1.807, 2.05) is 89.5 Å². The zero-order chi connectivity index (χ0) is 41.8. The summed E-state index contributed by atoms with van der Waals surface area (Å²) in [5.41, 5.74) is 6.81. The normalized spacial score (nSPS) is 15.2. The lowest BCUT2D eigenvalue weighted by atomic mass is 9.92. The summed E-state index contributed by atoms with van der Waals surface area (Å²) < 4.78 is 13.6. The fourth-order valence-corrected chi connectivity index (χ4v) is 7.28. The minimum absolute atomic E-state index is 0.111. The summed E-state index contributed by atoms with van der Waals surface area (Å²) in [6.07, 6.45) is 2.23. The van der Waals surface area contributed by atoms with Crippen molar-refractivity contribution in [1.82, 2.24) is 29.5 Å². The number of hydrogen-bond donors (Lipinski definition) is 3. The number of nitrogens with zero attached hydrogens (tertiary/aromatic N) is 5. The SMILES string of the molecule is CC(C)(C)c1cc(NC(=O)Nc2ccc(-n3cnc4cc(OCCOCC#Cc5cccc6c5CN(C5CCC(=O)N(Cc7ccccc7)C5=O)C6=O)ccc43)cc2)n[nH]1. The van der Waals surface area contributed by atoms with Gasteiger partial charge in [-0.05, 0) is 66.1 Å². The van der Waals surface area contributed by atoms with Crippen molar-refractivity contribution in [3.05, 3.63) is 131 Å². The number of H-pyrrole nitrogens is 1. The second kappa shape index (κ2) is 16.9. The van der Waals surface area contributed by atoms with E-state index in [0.717, 1.165) is 33.5 Å². The van der Waals surface area contributed by atoms with Crippen LogP contribution in [0, 0.1) is 11.8 Å². The number of aromatic nitrogens is 4. The molecule has 1 saturated heterocycles. The van der Waals surface area contributed by atoms with E-state index in [-0.39, 0.29) is 49.3 Å². The molecule has 2 aromatic heterocycles. The Kier molecular flexibility index (Phi) is 11.2. The van der Waals surface area contributed by atoms with Crippen LogP contribution in [0.25, 0.3) is 16.7 Å². The fourth-order valence-electron chi connectivity index (χ4n) is 7.28. The number of imidazole rings is 1. The molecule has 0 aliphatic carbocycles. The number of benzene rings is 4. The molecule has 2 aliphatic rings. The van der Waals surface area contributed by atoms with Gasteiger partial charge < -0.3 is 19.7 Å². The Hall–Kier alpha value is -7.24. The van der Waals surface area contributed by atoms with Crippen molar-refractivity contribution in [3.63, 3.8) is 0 Å². The van der Waals surface area contributed by atoms with Gasteiger partial charge in [-0.25, -0.2) is 9.78 Å². The number of anilines is 2. The highest BCUT2D eigenvalue weighted by molar-refractivity contribution is 6.05. The van der Waals surface area contributed by atoms with Gasteiger partial charge in [0.15, 0.2) is 5.82 Å². The average molecular weight is 805 g/mol. The molecule has 3 N–H and O–H groups in total. The number of carbonyl (C=O) groups excluding carboxylic acids is 4. The number of likely N-dealkylation sites (tertiary alicyclic amines) is 1. The summed E-state index contributed by atoms with van der Waals surface area (Å²) in [6, 6.07) is 28.6. The molecule has 4 aromatic carbocycles. The molecule has 2 aliphatic heterocycles. The van der Waals surface area contributed by atoms with Crippen LogP contribution in [0.5, 0.6) is 5.75 Å². The summed E-state index contributed by atoms with van der Waals surface area (Å²) in [4.78, 5) is 59.7. The molecule has 1 fully saturated rings. The van der Waals surface area contributed by atoms with Crippen LogP contribution in [0.4, 0.5) is 16.3 Å². The molecule has 4 heterocycles. The van der Waals surface area contributed by atoms with Gasteiger partial charge in [0.25, 0.3) is 11.8 Å². The van der Waals surface area contributed by atoms with E-state index in [2.05, 4.69) is 58.4 Å². The number of rotatable bonds is 11. The monoisotopic (exact) mass is 804 g/mol. The van der Waals surface area contributed by atoms with Gasteiger partial charge in [-0.2, -0.15) is 5.10 Å². The van der Waals surface area contributed by atoms with E-state index in [1.54, 1.807) is 23.4 Å². The Morgan fingerprint density at radius 3 is 2.53 bits per heavy atom. The highest BCUT2D eigenvalue weighted by Gasteiger charge is 2.43. The molecule has 0 spiro atoms. The largest absolute Gasteiger partial charge is 0.491 e. The van der Waals surface area contributed by atoms with Gasteiger partial charge in [0, 0.05) is 58.7 Å². The summed E-state index contributed by atoms with van der Waals surface area (Å²) >= 11 is 0. The third kappa shape index (κ3) is 8.62. The molecule has 1 atom stereocenters. The maximum Gasteiger partial charge on any atom is 0.324 e. The van der Waals surface area contributed by atoms with Crippen molar-refractivity contribution in [2.24, 2.45) is 0 Å². The van der Waals surface area contributed by atoms with E-state index < -0.39 is 12.1 Å². The fraction of sp³-hybridized carbons (Fsp3) is 0.261. The lowest BCUT2D eigenvalue weighted by Crippen LogP contribution is -2.54. The molecule has 14 heteroatoms. The second-order valence-corrected chi connectivity index (χ2v) is 15.6. The smallest absolute Gasteiger partial charge is 0.324 e. The lowest BCUT2D eigenvalue weighted by Gasteiger charge is -2.35. The van der Waals surface area contributed by atoms with E-state index in [9.17, 15) is 19.2 Å². The molecule has 5 amide bonds. The molecule has 0 radical (unpaired) electrons. The summed E-state index contributed by atoms with van der Waals surface area (Å²) in [6.45, 7) is 7.39. The highest BCUT2D eigenvalue weighted by atomic mass is 16.5. The predicted molar refractivity (Wildman–Crippen MR) is 226 cm³/mol. The van der Waals surface area contributed by atoms with Crippen LogP contribution in [0.15, 0.2) is 103 Å². The van der Waals surface area contributed by atoms with Crippen LogP contribution in [0.2, 0.25) is 0 Å². The van der Waals surface area contributed by atoms with Crippen molar-refractivity contribution in [2.75, 3.05) is 30.5 Å². The lowest BCUT2D eigenvalue weighted by molar-refractivity contribution is -0.153. The Morgan fingerprint density at radius 1 is 0.933 bits per heavy atom. The minimum atomic E-state index is -0.716. The molecule has 0 bridgehead atoms. The minimum Gasteiger partial charge on any atom is -0.491 e. The van der Waals surface area contributed by atoms with Crippen LogP contribution in [0.1, 0.15) is 66.4 Å². The average Bonchev–Trinajstić information content (AvgIpc) is 3.98. The van der Waals surface area contributed by atoms with E-state index >= 15 is 0 Å². The van der Waals surface area contributed by atoms with Crippen molar-refractivity contribution < 1.29 is 28.7 Å². The van der Waals surface area contributed by atoms with Gasteiger partial charge in [0.05, 0.1) is 24.2 Å². The molecule has 60 heavy (non-hydrogen) atoms. The third-order valence-electron chi connectivity index (χ3n) is 10.5. The van der Waals surface area contributed by atoms with Gasteiger partial charge in [-0.3, -0.25) is 34.3 Å². The number of nitrogens with one attached hydrogen (secondary N) is 3. The molecule has 8 rings (SSSR count). The van der Waals surface area contributed by atoms with E-state index in [0.29, 0.717) is 48.0 Å². The van der Waals surface area contributed by atoms with E-state index in [4.69, 9.17) is 9.47 Å². The first-order valence-electron chi connectivity index (χ1n) is 19.7. The molecular formula is C46H44N8O6. The zero-order valence-electron chi connectivity index (χ0n) is 33.5. The maximum atomic E-state index is 13.5. The Labute approximate surface area is 346 Å². The Bertz CT molecular complexity index is 2630. The number of amides is 5. The number of hydrogen-bond acceptors (Lipinski definition) is 8. The topological polar surface area (TPSA) is 164 Å². The van der Waals surface area contributed by atoms with Crippen LogP contribution in [0.3, 0.4) is 0 Å². The zero-order valence-corrected chi connectivity index (χ0v) is 33.5. The maximum absolute atomic E-state index is 13.5. The number of aromatic amines is 1. The summed E-state index contributed by atoms with van der Waals surface area (Å²) in [7, 11) is 0. The van der Waals surface area contributed by atoms with Crippen molar-refractivity contribution in [2.45, 2.75) is 58.2 Å². The highest BCUT2D eigenvalue weighted by Crippen LogP contribution is 2.32. The first-order chi connectivity index (χ1) is 29.0. The number of carbonyl (C=O) groups is 4. The Balaban J connectivity index is 0.803. The van der Waals surface area contributed by atoms with Crippen molar-refractivity contribution in [3.8, 4) is 23.3 Å². The van der Waals surface area contributed by atoms with Gasteiger partial charge >= 0.3 is 6.03 Å². The van der Waals surface area contributed by atoms with Gasteiger partial charge in [0.2, 0.25) is 5.91 Å². The standard InChI is InChI=1S/C46H44N8O6/c1-46(2,3)40-26-41(51-50-40)49-45(58)48-32-14-16-33(17-15-32)54-29-47-37-25-34(18-19-38(37)54)60-24-23-59-22-8-12-31-11-7-13-35-36(31)28-52(43(35)56)39-20-21-42(55)53(44(39)57)27-30-9-5-4-6-10-30/h4-7,9-11,13-19,25-26,29,39H,20-24,27-28H2,1-3H3,(H3,48,49,50,51,58). The van der Waals surface area contributed by atoms with Crippen LogP contribution in [-0.4, -0.2) is 79.2 Å². The Morgan fingerprint density at radius 2 is 1.75 bits per heavy atom. The first-order valence-corrected chi connectivity index (χ1v) is 19.7. The second-order valence-electron chi connectivity index (χ2n) is 15.6. The van der Waals surface area contributed by atoms with Gasteiger partial charge in [-0.1, -0.05) is 69.0 Å². The van der Waals surface area contributed by atoms with Crippen LogP contribution < -0.4 is 15.4 Å². The van der Waals surface area contributed by atoms with Crippen molar-refractivity contribution >= 4 is 46.3 Å². The quantitative estimate of drug-likeness (QED) is 0.0731. The molecule has 1 unspecified atom stereocenters. The number of urea groups is 1. The molecule has 14 nitrogen and oxygen atoms in total. The molecule has 0 saturated carbocycles. The van der Waals surface area contributed by atoms with Gasteiger partial charge in [-0.15, -0.1) is 0 Å². The number of fused-ring (bicyclic) bond motifs is 2.